The Kier molecular flexibility index (Phi) is 3.19. The molecule has 0 aromatic heterocycles. The summed E-state index contributed by atoms with van der Waals surface area (Å²) in [6, 6.07) is 6.45. The van der Waals surface area contributed by atoms with Gasteiger partial charge < -0.3 is 10.2 Å². The van der Waals surface area contributed by atoms with E-state index in [1.807, 2.05) is 7.05 Å². The third kappa shape index (κ3) is 2.07. The minimum atomic E-state index is -0.444. The number of likely N-dealkylation sites (N-methyl/N-ethyl adjacent to an activating group) is 1. The number of halogens is 1. The number of carbonyl (C=O) groups excluding carboxylic acids is 1. The Morgan fingerprint density at radius 1 is 1.50 bits per heavy atom. The van der Waals surface area contributed by atoms with Crippen LogP contribution in [-0.2, 0) is 0 Å². The molecule has 1 unspecified atom stereocenters. The number of carbonyl (C=O) groups is 1. The topological polar surface area (TPSA) is 32.3 Å². The van der Waals surface area contributed by atoms with Crippen LogP contribution < -0.4 is 5.32 Å². The molecule has 1 aromatic carbocycles. The summed E-state index contributed by atoms with van der Waals surface area (Å²) in [4.78, 5) is 13.7. The molecule has 1 aliphatic rings. The highest BCUT2D eigenvalue weighted by Crippen LogP contribution is 2.15. The lowest BCUT2D eigenvalue weighted by atomic mass is 10.2. The Hall–Kier alpha value is -1.42. The van der Waals surface area contributed by atoms with E-state index in [0.717, 1.165) is 6.42 Å². The van der Waals surface area contributed by atoms with Gasteiger partial charge in [0, 0.05) is 19.1 Å². The van der Waals surface area contributed by atoms with Gasteiger partial charge in [0.15, 0.2) is 0 Å². The molecule has 1 saturated heterocycles. The second-order valence-corrected chi connectivity index (χ2v) is 4.01. The van der Waals surface area contributed by atoms with E-state index in [1.54, 1.807) is 17.0 Å². The first-order valence-corrected chi connectivity index (χ1v) is 5.43. The van der Waals surface area contributed by atoms with Gasteiger partial charge in [-0.05, 0) is 25.6 Å². The van der Waals surface area contributed by atoms with Gasteiger partial charge in [-0.25, -0.2) is 4.39 Å². The summed E-state index contributed by atoms with van der Waals surface area (Å²) in [6.45, 7) is 1.35. The van der Waals surface area contributed by atoms with Crippen LogP contribution in [0.2, 0.25) is 0 Å². The number of rotatable bonds is 2. The van der Waals surface area contributed by atoms with Crippen molar-refractivity contribution in [3.05, 3.63) is 35.6 Å². The normalized spacial score (nSPS) is 20.1. The van der Waals surface area contributed by atoms with Gasteiger partial charge in [0.1, 0.15) is 5.82 Å². The lowest BCUT2D eigenvalue weighted by Crippen LogP contribution is -2.33. The monoisotopic (exact) mass is 222 g/mol. The molecule has 2 rings (SSSR count). The molecule has 1 heterocycles. The molecule has 1 N–H and O–H groups in total. The van der Waals surface area contributed by atoms with Crippen LogP contribution in [0, 0.1) is 5.82 Å². The van der Waals surface area contributed by atoms with E-state index in [0.29, 0.717) is 19.1 Å². The van der Waals surface area contributed by atoms with Crippen LogP contribution in [0.5, 0.6) is 0 Å². The van der Waals surface area contributed by atoms with Crippen molar-refractivity contribution in [2.45, 2.75) is 12.5 Å². The Morgan fingerprint density at radius 2 is 2.25 bits per heavy atom. The first kappa shape index (κ1) is 11.1. The quantitative estimate of drug-likeness (QED) is 0.817. The average Bonchev–Trinajstić information content (AvgIpc) is 2.77. The predicted octanol–water partition coefficient (Wildman–Crippen LogP) is 1.26. The Labute approximate surface area is 94.3 Å². The number of nitrogens with zero attached hydrogens (tertiary/aromatic N) is 1. The Morgan fingerprint density at radius 3 is 2.88 bits per heavy atom. The third-order valence-electron chi connectivity index (χ3n) is 2.99. The molecule has 1 aromatic rings. The Bertz CT molecular complexity index is 394. The van der Waals surface area contributed by atoms with Gasteiger partial charge in [0.2, 0.25) is 0 Å². The summed E-state index contributed by atoms with van der Waals surface area (Å²) in [7, 11) is 1.88. The molecular formula is C12H15FN2O. The van der Waals surface area contributed by atoms with Crippen molar-refractivity contribution in [1.82, 2.24) is 10.2 Å². The van der Waals surface area contributed by atoms with Crippen LogP contribution in [0.4, 0.5) is 4.39 Å². The van der Waals surface area contributed by atoms with Crippen molar-refractivity contribution in [3.8, 4) is 0 Å². The van der Waals surface area contributed by atoms with Crippen molar-refractivity contribution < 1.29 is 9.18 Å². The standard InChI is InChI=1S/C12H15FN2O/c1-14-9-6-7-15(8-9)12(16)10-4-2-3-5-11(10)13/h2-5,9,14H,6-8H2,1H3. The molecule has 0 spiro atoms. The maximum absolute atomic E-state index is 13.4. The van der Waals surface area contributed by atoms with Gasteiger partial charge in [0.25, 0.3) is 5.91 Å². The lowest BCUT2D eigenvalue weighted by Gasteiger charge is -2.16. The summed E-state index contributed by atoms with van der Waals surface area (Å²) >= 11 is 0. The zero-order valence-electron chi connectivity index (χ0n) is 9.24. The molecule has 1 amide bonds. The average molecular weight is 222 g/mol. The van der Waals surface area contributed by atoms with Gasteiger partial charge in [0.05, 0.1) is 5.56 Å². The molecule has 1 fully saturated rings. The second-order valence-electron chi connectivity index (χ2n) is 4.01. The first-order valence-electron chi connectivity index (χ1n) is 5.43. The van der Waals surface area contributed by atoms with Crippen molar-refractivity contribution in [3.63, 3.8) is 0 Å². The summed E-state index contributed by atoms with van der Waals surface area (Å²) < 4.78 is 13.4. The summed E-state index contributed by atoms with van der Waals surface area (Å²) in [6.07, 6.45) is 0.927. The van der Waals surface area contributed by atoms with Crippen LogP contribution in [0.15, 0.2) is 24.3 Å². The van der Waals surface area contributed by atoms with E-state index < -0.39 is 5.82 Å². The maximum Gasteiger partial charge on any atom is 0.256 e. The van der Waals surface area contributed by atoms with Gasteiger partial charge in [-0.15, -0.1) is 0 Å². The number of hydrogen-bond donors (Lipinski definition) is 1. The van der Waals surface area contributed by atoms with Crippen molar-refractivity contribution in [1.29, 1.82) is 0 Å². The highest BCUT2D eigenvalue weighted by Gasteiger charge is 2.26. The van der Waals surface area contributed by atoms with Gasteiger partial charge >= 0.3 is 0 Å². The van der Waals surface area contributed by atoms with E-state index in [2.05, 4.69) is 5.32 Å². The van der Waals surface area contributed by atoms with Crippen LogP contribution in [0.1, 0.15) is 16.8 Å². The fraction of sp³-hybridized carbons (Fsp3) is 0.417. The Balaban J connectivity index is 2.12. The molecule has 1 atom stereocenters. The fourth-order valence-electron chi connectivity index (χ4n) is 1.99. The molecule has 0 aliphatic carbocycles. The number of nitrogens with one attached hydrogen (secondary N) is 1. The van der Waals surface area contributed by atoms with Crippen LogP contribution in [0.3, 0.4) is 0 Å². The molecule has 0 saturated carbocycles. The number of hydrogen-bond acceptors (Lipinski definition) is 2. The van der Waals surface area contributed by atoms with Crippen LogP contribution in [0.25, 0.3) is 0 Å². The fourth-order valence-corrected chi connectivity index (χ4v) is 1.99. The highest BCUT2D eigenvalue weighted by molar-refractivity contribution is 5.94. The largest absolute Gasteiger partial charge is 0.337 e. The van der Waals surface area contributed by atoms with E-state index >= 15 is 0 Å². The third-order valence-corrected chi connectivity index (χ3v) is 2.99. The first-order chi connectivity index (χ1) is 7.72. The van der Waals surface area contributed by atoms with Crippen LogP contribution in [-0.4, -0.2) is 37.0 Å². The molecule has 0 bridgehead atoms. The zero-order chi connectivity index (χ0) is 11.5. The number of likely N-dealkylation sites (tertiary alicyclic amines) is 1. The summed E-state index contributed by atoms with van der Waals surface area (Å²) in [5.41, 5.74) is 0.166. The lowest BCUT2D eigenvalue weighted by molar-refractivity contribution is 0.0785. The predicted molar refractivity (Wildman–Crippen MR) is 59.8 cm³/mol. The minimum Gasteiger partial charge on any atom is -0.337 e. The zero-order valence-corrected chi connectivity index (χ0v) is 9.24. The van der Waals surface area contributed by atoms with Crippen LogP contribution >= 0.6 is 0 Å². The van der Waals surface area contributed by atoms with Crippen molar-refractivity contribution >= 4 is 5.91 Å². The molecule has 1 aliphatic heterocycles. The van der Waals surface area contributed by atoms with E-state index in [9.17, 15) is 9.18 Å². The second kappa shape index (κ2) is 4.61. The summed E-state index contributed by atoms with van der Waals surface area (Å²) in [5.74, 6) is -0.656. The van der Waals surface area contributed by atoms with E-state index in [4.69, 9.17) is 0 Å². The van der Waals surface area contributed by atoms with E-state index in [1.165, 1.54) is 12.1 Å². The number of benzene rings is 1. The SMILES string of the molecule is CNC1CCN(C(=O)c2ccccc2F)C1. The number of amides is 1. The van der Waals surface area contributed by atoms with Gasteiger partial charge in [-0.3, -0.25) is 4.79 Å². The minimum absolute atomic E-state index is 0.166. The molecule has 4 heteroatoms. The molecular weight excluding hydrogens is 207 g/mol. The van der Waals surface area contributed by atoms with Crippen molar-refractivity contribution in [2.75, 3.05) is 20.1 Å². The molecule has 86 valence electrons. The molecule has 3 nitrogen and oxygen atoms in total. The van der Waals surface area contributed by atoms with E-state index in [-0.39, 0.29) is 11.5 Å². The smallest absolute Gasteiger partial charge is 0.256 e. The van der Waals surface area contributed by atoms with Crippen molar-refractivity contribution in [2.24, 2.45) is 0 Å². The molecule has 0 radical (unpaired) electrons. The maximum atomic E-state index is 13.4. The highest BCUT2D eigenvalue weighted by atomic mass is 19.1. The van der Waals surface area contributed by atoms with Gasteiger partial charge in [-0.2, -0.15) is 0 Å². The molecule has 16 heavy (non-hydrogen) atoms. The van der Waals surface area contributed by atoms with Gasteiger partial charge in [-0.1, -0.05) is 12.1 Å². The summed E-state index contributed by atoms with van der Waals surface area (Å²) in [5, 5.41) is 3.13.